The van der Waals surface area contributed by atoms with Gasteiger partial charge in [0.2, 0.25) is 0 Å². The molecular formula is C15H18O3Si. The molecule has 3 nitrogen and oxygen atoms in total. The van der Waals surface area contributed by atoms with Crippen molar-refractivity contribution in [3.63, 3.8) is 0 Å². The van der Waals surface area contributed by atoms with E-state index in [9.17, 15) is 0 Å². The number of hydrogen-bond acceptors (Lipinski definition) is 3. The Balaban J connectivity index is 2.68. The summed E-state index contributed by atoms with van der Waals surface area (Å²) in [5, 5.41) is 2.19. The molecule has 0 saturated carbocycles. The molecule has 1 aromatic heterocycles. The quantitative estimate of drug-likeness (QED) is 0.802. The smallest absolute Gasteiger partial charge is 0.197 e. The molecule has 2 aromatic rings. The van der Waals surface area contributed by atoms with Crippen LogP contribution in [0, 0.1) is 6.92 Å². The van der Waals surface area contributed by atoms with Crippen molar-refractivity contribution in [2.75, 3.05) is 21.3 Å². The molecule has 2 rings (SSSR count). The van der Waals surface area contributed by atoms with Crippen LogP contribution in [0.3, 0.4) is 0 Å². The van der Waals surface area contributed by atoms with E-state index in [2.05, 4.69) is 30.8 Å². The SMILES string of the molecule is COc1cc[si](-c2ccccc2C)c(OC)c1OC. The maximum atomic E-state index is 5.60. The predicted octanol–water partition coefficient (Wildman–Crippen LogP) is 3.04. The van der Waals surface area contributed by atoms with Gasteiger partial charge in [0.05, 0.1) is 21.3 Å². The van der Waals surface area contributed by atoms with Gasteiger partial charge in [-0.05, 0) is 23.7 Å². The lowest BCUT2D eigenvalue weighted by Crippen LogP contribution is -2.07. The van der Waals surface area contributed by atoms with E-state index in [0.29, 0.717) is 11.5 Å². The third kappa shape index (κ3) is 2.49. The first kappa shape index (κ1) is 13.6. The second kappa shape index (κ2) is 5.89. The first-order chi connectivity index (χ1) is 9.22. The Labute approximate surface area is 115 Å². The van der Waals surface area contributed by atoms with Gasteiger partial charge in [-0.1, -0.05) is 29.9 Å². The van der Waals surface area contributed by atoms with Gasteiger partial charge in [-0.3, -0.25) is 0 Å². The summed E-state index contributed by atoms with van der Waals surface area (Å²) >= 11 is 0. The molecule has 0 atom stereocenters. The number of benzene rings is 1. The van der Waals surface area contributed by atoms with Crippen LogP contribution in [0.5, 0.6) is 16.9 Å². The highest BCUT2D eigenvalue weighted by Gasteiger charge is 2.18. The van der Waals surface area contributed by atoms with Gasteiger partial charge in [0, 0.05) is 0 Å². The maximum Gasteiger partial charge on any atom is 0.197 e. The molecular weight excluding hydrogens is 256 g/mol. The summed E-state index contributed by atoms with van der Waals surface area (Å²) in [6.45, 7) is 2.12. The molecule has 1 heterocycles. The summed E-state index contributed by atoms with van der Waals surface area (Å²) in [4.78, 5) is 0. The van der Waals surface area contributed by atoms with Crippen LogP contribution >= 0.6 is 0 Å². The van der Waals surface area contributed by atoms with Crippen molar-refractivity contribution in [1.82, 2.24) is 0 Å². The molecule has 0 amide bonds. The first-order valence-electron chi connectivity index (χ1n) is 6.08. The molecule has 0 spiro atoms. The summed E-state index contributed by atoms with van der Waals surface area (Å²) in [6, 6.07) is 10.4. The minimum Gasteiger partial charge on any atom is -0.498 e. The molecule has 0 aliphatic heterocycles. The molecule has 4 heteroatoms. The number of aryl methyl sites for hydroxylation is 1. The van der Waals surface area contributed by atoms with Gasteiger partial charge >= 0.3 is 0 Å². The van der Waals surface area contributed by atoms with E-state index in [1.54, 1.807) is 21.3 Å². The van der Waals surface area contributed by atoms with Crippen LogP contribution in [-0.4, -0.2) is 29.7 Å². The van der Waals surface area contributed by atoms with Crippen molar-refractivity contribution in [3.8, 4) is 22.0 Å². The van der Waals surface area contributed by atoms with Gasteiger partial charge < -0.3 is 14.2 Å². The lowest BCUT2D eigenvalue weighted by molar-refractivity contribution is 0.329. The van der Waals surface area contributed by atoms with E-state index in [4.69, 9.17) is 14.2 Å². The average Bonchev–Trinajstić information content (AvgIpc) is 2.46. The summed E-state index contributed by atoms with van der Waals surface area (Å²) in [6.07, 6.45) is 0. The zero-order valence-electron chi connectivity index (χ0n) is 11.7. The van der Waals surface area contributed by atoms with Crippen molar-refractivity contribution in [2.45, 2.75) is 6.92 Å². The Morgan fingerprint density at radius 2 is 1.63 bits per heavy atom. The van der Waals surface area contributed by atoms with E-state index >= 15 is 0 Å². The van der Waals surface area contributed by atoms with Crippen molar-refractivity contribution in [1.29, 1.82) is 0 Å². The molecule has 0 N–H and O–H groups in total. The predicted molar refractivity (Wildman–Crippen MR) is 78.1 cm³/mol. The molecule has 1 aromatic carbocycles. The summed E-state index contributed by atoms with van der Waals surface area (Å²) < 4.78 is 16.4. The standard InChI is InChI=1S/C15H18O3Si/c1-11-7-5-6-8-13(11)19-10-9-12(16-2)14(17-3)15(19)18-4/h5-10H,1-4H3. The van der Waals surface area contributed by atoms with Crippen LogP contribution in [-0.2, 0) is 0 Å². The topological polar surface area (TPSA) is 27.7 Å². The summed E-state index contributed by atoms with van der Waals surface area (Å²) in [7, 11) is 3.87. The normalized spacial score (nSPS) is 10.1. The average molecular weight is 274 g/mol. The summed E-state index contributed by atoms with van der Waals surface area (Å²) in [5.41, 5.74) is 3.44. The number of ether oxygens (including phenoxy) is 3. The zero-order valence-corrected chi connectivity index (χ0v) is 12.7. The second-order valence-electron chi connectivity index (χ2n) is 4.20. The Morgan fingerprint density at radius 3 is 2.21 bits per heavy atom. The molecule has 0 fully saturated rings. The number of hydrogen-bond donors (Lipinski definition) is 0. The highest BCUT2D eigenvalue weighted by Crippen LogP contribution is 2.38. The Morgan fingerprint density at radius 1 is 0.895 bits per heavy atom. The van der Waals surface area contributed by atoms with Gasteiger partial charge in [0.15, 0.2) is 11.5 Å². The van der Waals surface area contributed by atoms with E-state index in [-0.39, 0.29) is 0 Å². The first-order valence-corrected chi connectivity index (χ1v) is 7.65. The molecule has 0 radical (unpaired) electrons. The largest absolute Gasteiger partial charge is 0.498 e. The zero-order chi connectivity index (χ0) is 13.8. The fourth-order valence-corrected chi connectivity index (χ4v) is 4.56. The van der Waals surface area contributed by atoms with E-state index in [1.807, 2.05) is 12.1 Å². The van der Waals surface area contributed by atoms with Gasteiger partial charge in [0.25, 0.3) is 0 Å². The van der Waals surface area contributed by atoms with Crippen molar-refractivity contribution in [2.24, 2.45) is 0 Å². The monoisotopic (exact) mass is 274 g/mol. The van der Waals surface area contributed by atoms with Crippen molar-refractivity contribution < 1.29 is 14.2 Å². The minimum absolute atomic E-state index is 0.699. The molecule has 0 aliphatic carbocycles. The highest BCUT2D eigenvalue weighted by atomic mass is 28.2. The van der Waals surface area contributed by atoms with Crippen molar-refractivity contribution in [3.05, 3.63) is 41.6 Å². The Bertz CT molecular complexity index is 582. The molecule has 0 aliphatic rings. The molecule has 19 heavy (non-hydrogen) atoms. The van der Waals surface area contributed by atoms with Crippen LogP contribution in [0.4, 0.5) is 0 Å². The van der Waals surface area contributed by atoms with Gasteiger partial charge in [-0.15, -0.1) is 0 Å². The molecule has 0 saturated heterocycles. The Hall–Kier alpha value is -1.81. The number of methoxy groups -OCH3 is 3. The van der Waals surface area contributed by atoms with E-state index < -0.39 is 8.40 Å². The highest BCUT2D eigenvalue weighted by molar-refractivity contribution is 6.69. The van der Waals surface area contributed by atoms with Crippen LogP contribution in [0.25, 0.3) is 5.19 Å². The fraction of sp³-hybridized carbons (Fsp3) is 0.267. The summed E-state index contributed by atoms with van der Waals surface area (Å²) in [5.74, 6) is 1.41. The lowest BCUT2D eigenvalue weighted by Gasteiger charge is -2.16. The maximum absolute atomic E-state index is 5.60. The lowest BCUT2D eigenvalue weighted by atomic mass is 10.2. The van der Waals surface area contributed by atoms with Gasteiger partial charge in [0.1, 0.15) is 13.8 Å². The molecule has 100 valence electrons. The fourth-order valence-electron chi connectivity index (χ4n) is 2.19. The van der Waals surface area contributed by atoms with Crippen LogP contribution < -0.4 is 14.2 Å². The van der Waals surface area contributed by atoms with Crippen LogP contribution in [0.2, 0.25) is 0 Å². The molecule has 0 bridgehead atoms. The third-order valence-corrected chi connectivity index (χ3v) is 5.70. The van der Waals surface area contributed by atoms with E-state index in [1.165, 1.54) is 10.8 Å². The van der Waals surface area contributed by atoms with Crippen LogP contribution in [0.1, 0.15) is 5.56 Å². The van der Waals surface area contributed by atoms with Gasteiger partial charge in [-0.2, -0.15) is 0 Å². The number of rotatable bonds is 4. The minimum atomic E-state index is -1.10. The third-order valence-electron chi connectivity index (χ3n) is 3.14. The Kier molecular flexibility index (Phi) is 4.22. The van der Waals surface area contributed by atoms with Crippen molar-refractivity contribution >= 4 is 8.40 Å². The molecule has 0 unspecified atom stereocenters. The van der Waals surface area contributed by atoms with E-state index in [0.717, 1.165) is 5.36 Å². The van der Waals surface area contributed by atoms with Crippen LogP contribution in [0.15, 0.2) is 36.0 Å². The second-order valence-corrected chi connectivity index (χ2v) is 6.35. The van der Waals surface area contributed by atoms with Gasteiger partial charge in [-0.25, -0.2) is 0 Å².